The van der Waals surface area contributed by atoms with Gasteiger partial charge in [-0.05, 0) is 19.4 Å². The van der Waals surface area contributed by atoms with Crippen molar-refractivity contribution in [2.75, 3.05) is 6.61 Å². The molecule has 1 aromatic heterocycles. The Balaban J connectivity index is 2.29. The lowest BCUT2D eigenvalue weighted by Gasteiger charge is -2.13. The molecule has 0 bridgehead atoms. The SMILES string of the molecule is CCOC(c1ccccc1)c1noc(C(C)N)n1. The summed E-state index contributed by atoms with van der Waals surface area (Å²) in [6.07, 6.45) is -0.313. The normalized spacial score (nSPS) is 14.4. The zero-order chi connectivity index (χ0) is 13.0. The fourth-order valence-corrected chi connectivity index (χ4v) is 1.65. The third-order valence-corrected chi connectivity index (χ3v) is 2.52. The van der Waals surface area contributed by atoms with E-state index in [1.54, 1.807) is 6.92 Å². The van der Waals surface area contributed by atoms with Crippen molar-refractivity contribution in [1.82, 2.24) is 10.1 Å². The molecule has 2 atom stereocenters. The monoisotopic (exact) mass is 247 g/mol. The molecule has 96 valence electrons. The predicted octanol–water partition coefficient (Wildman–Crippen LogP) is 2.22. The molecule has 2 unspecified atom stereocenters. The van der Waals surface area contributed by atoms with Crippen molar-refractivity contribution >= 4 is 0 Å². The Hall–Kier alpha value is -1.72. The molecule has 0 saturated carbocycles. The van der Waals surface area contributed by atoms with Gasteiger partial charge in [0.1, 0.15) is 6.10 Å². The van der Waals surface area contributed by atoms with Crippen LogP contribution in [0.5, 0.6) is 0 Å². The molecule has 0 aliphatic rings. The van der Waals surface area contributed by atoms with Gasteiger partial charge in [0.2, 0.25) is 11.7 Å². The molecule has 0 aliphatic carbocycles. The predicted molar refractivity (Wildman–Crippen MR) is 66.8 cm³/mol. The van der Waals surface area contributed by atoms with Gasteiger partial charge in [-0.1, -0.05) is 35.5 Å². The van der Waals surface area contributed by atoms with Gasteiger partial charge < -0.3 is 15.0 Å². The molecular weight excluding hydrogens is 230 g/mol. The molecule has 2 aromatic rings. The fourth-order valence-electron chi connectivity index (χ4n) is 1.65. The van der Waals surface area contributed by atoms with Crippen LogP contribution in [0.3, 0.4) is 0 Å². The summed E-state index contributed by atoms with van der Waals surface area (Å²) in [5.74, 6) is 0.931. The molecule has 0 fully saturated rings. The smallest absolute Gasteiger partial charge is 0.243 e. The number of nitrogens with zero attached hydrogens (tertiary/aromatic N) is 2. The molecule has 2 rings (SSSR count). The Morgan fingerprint density at radius 1 is 1.33 bits per heavy atom. The van der Waals surface area contributed by atoms with Crippen LogP contribution in [-0.2, 0) is 4.74 Å². The van der Waals surface area contributed by atoms with Gasteiger partial charge >= 0.3 is 0 Å². The molecule has 0 radical (unpaired) electrons. The van der Waals surface area contributed by atoms with Crippen molar-refractivity contribution in [1.29, 1.82) is 0 Å². The number of ether oxygens (including phenoxy) is 1. The van der Waals surface area contributed by atoms with Gasteiger partial charge in [0.05, 0.1) is 6.04 Å². The molecule has 0 spiro atoms. The van der Waals surface area contributed by atoms with Gasteiger partial charge in [0.15, 0.2) is 0 Å². The summed E-state index contributed by atoms with van der Waals surface area (Å²) in [6, 6.07) is 9.53. The first kappa shape index (κ1) is 12.7. The molecule has 1 aromatic carbocycles. The van der Waals surface area contributed by atoms with E-state index in [0.717, 1.165) is 5.56 Å². The second-order valence-corrected chi connectivity index (χ2v) is 4.03. The number of rotatable bonds is 5. The summed E-state index contributed by atoms with van der Waals surface area (Å²) >= 11 is 0. The molecule has 2 N–H and O–H groups in total. The van der Waals surface area contributed by atoms with Crippen molar-refractivity contribution in [3.8, 4) is 0 Å². The Labute approximate surface area is 106 Å². The number of benzene rings is 1. The first-order chi connectivity index (χ1) is 8.72. The van der Waals surface area contributed by atoms with E-state index in [2.05, 4.69) is 10.1 Å². The minimum atomic E-state index is -0.313. The lowest BCUT2D eigenvalue weighted by atomic mass is 10.1. The summed E-state index contributed by atoms with van der Waals surface area (Å²) in [5.41, 5.74) is 6.70. The van der Waals surface area contributed by atoms with Crippen LogP contribution in [0.15, 0.2) is 34.9 Å². The molecule has 0 aliphatic heterocycles. The Morgan fingerprint density at radius 3 is 2.61 bits per heavy atom. The van der Waals surface area contributed by atoms with E-state index in [9.17, 15) is 0 Å². The minimum absolute atomic E-state index is 0.274. The van der Waals surface area contributed by atoms with Crippen molar-refractivity contribution < 1.29 is 9.26 Å². The topological polar surface area (TPSA) is 74.2 Å². The standard InChI is InChI=1S/C13H17N3O2/c1-3-17-11(10-7-5-4-6-8-10)12-15-13(9(2)14)18-16-12/h4-9,11H,3,14H2,1-2H3. The Morgan fingerprint density at radius 2 is 2.06 bits per heavy atom. The van der Waals surface area contributed by atoms with Crippen LogP contribution in [0, 0.1) is 0 Å². The van der Waals surface area contributed by atoms with Crippen LogP contribution in [0.1, 0.15) is 43.3 Å². The van der Waals surface area contributed by atoms with Crippen molar-refractivity contribution in [3.05, 3.63) is 47.6 Å². The molecule has 0 amide bonds. The van der Waals surface area contributed by atoms with Crippen LogP contribution >= 0.6 is 0 Å². The average Bonchev–Trinajstić information content (AvgIpc) is 2.86. The van der Waals surface area contributed by atoms with Crippen LogP contribution < -0.4 is 5.73 Å². The summed E-state index contributed by atoms with van der Waals surface area (Å²) < 4.78 is 10.8. The second-order valence-electron chi connectivity index (χ2n) is 4.03. The fraction of sp³-hybridized carbons (Fsp3) is 0.385. The van der Waals surface area contributed by atoms with E-state index in [0.29, 0.717) is 18.3 Å². The maximum absolute atomic E-state index is 5.70. The molecular formula is C13H17N3O2. The molecule has 0 saturated heterocycles. The van der Waals surface area contributed by atoms with Crippen LogP contribution in [-0.4, -0.2) is 16.7 Å². The van der Waals surface area contributed by atoms with Gasteiger partial charge in [-0.3, -0.25) is 0 Å². The quantitative estimate of drug-likeness (QED) is 0.876. The highest BCUT2D eigenvalue weighted by Gasteiger charge is 2.21. The summed E-state index contributed by atoms with van der Waals surface area (Å²) in [7, 11) is 0. The first-order valence-corrected chi connectivity index (χ1v) is 5.98. The lowest BCUT2D eigenvalue weighted by molar-refractivity contribution is 0.0833. The van der Waals surface area contributed by atoms with Crippen molar-refractivity contribution in [2.24, 2.45) is 5.73 Å². The molecule has 18 heavy (non-hydrogen) atoms. The van der Waals surface area contributed by atoms with Gasteiger partial charge in [-0.2, -0.15) is 4.98 Å². The number of hydrogen-bond donors (Lipinski definition) is 1. The second kappa shape index (κ2) is 5.75. The average molecular weight is 247 g/mol. The number of hydrogen-bond acceptors (Lipinski definition) is 5. The Bertz CT molecular complexity index is 482. The van der Waals surface area contributed by atoms with Gasteiger partial charge in [-0.15, -0.1) is 0 Å². The highest BCUT2D eigenvalue weighted by Crippen LogP contribution is 2.24. The summed E-state index contributed by atoms with van der Waals surface area (Å²) in [4.78, 5) is 4.28. The van der Waals surface area contributed by atoms with E-state index >= 15 is 0 Å². The number of aromatic nitrogens is 2. The zero-order valence-corrected chi connectivity index (χ0v) is 10.5. The molecule has 5 nitrogen and oxygen atoms in total. The van der Waals surface area contributed by atoms with E-state index in [-0.39, 0.29) is 12.1 Å². The van der Waals surface area contributed by atoms with Gasteiger partial charge in [-0.25, -0.2) is 0 Å². The maximum Gasteiger partial charge on any atom is 0.243 e. The first-order valence-electron chi connectivity index (χ1n) is 5.98. The molecule has 5 heteroatoms. The largest absolute Gasteiger partial charge is 0.366 e. The van der Waals surface area contributed by atoms with E-state index < -0.39 is 0 Å². The number of nitrogens with two attached hydrogens (primary N) is 1. The third-order valence-electron chi connectivity index (χ3n) is 2.52. The summed E-state index contributed by atoms with van der Waals surface area (Å²) in [5, 5.41) is 3.94. The van der Waals surface area contributed by atoms with E-state index in [1.807, 2.05) is 37.3 Å². The minimum Gasteiger partial charge on any atom is -0.366 e. The van der Waals surface area contributed by atoms with E-state index in [4.69, 9.17) is 15.0 Å². The van der Waals surface area contributed by atoms with Crippen LogP contribution in [0.4, 0.5) is 0 Å². The van der Waals surface area contributed by atoms with Crippen molar-refractivity contribution in [3.63, 3.8) is 0 Å². The maximum atomic E-state index is 5.70. The lowest BCUT2D eigenvalue weighted by Crippen LogP contribution is -2.09. The van der Waals surface area contributed by atoms with Crippen LogP contribution in [0.25, 0.3) is 0 Å². The molecule has 1 heterocycles. The Kier molecular flexibility index (Phi) is 4.07. The highest BCUT2D eigenvalue weighted by molar-refractivity contribution is 5.22. The van der Waals surface area contributed by atoms with Crippen molar-refractivity contribution in [2.45, 2.75) is 26.0 Å². The zero-order valence-electron chi connectivity index (χ0n) is 10.5. The van der Waals surface area contributed by atoms with Gasteiger partial charge in [0.25, 0.3) is 0 Å². The van der Waals surface area contributed by atoms with Gasteiger partial charge in [0, 0.05) is 6.61 Å². The highest BCUT2D eigenvalue weighted by atomic mass is 16.5. The van der Waals surface area contributed by atoms with Crippen LogP contribution in [0.2, 0.25) is 0 Å². The summed E-state index contributed by atoms with van der Waals surface area (Å²) in [6.45, 7) is 4.31. The third kappa shape index (κ3) is 2.75. The van der Waals surface area contributed by atoms with E-state index in [1.165, 1.54) is 0 Å².